The van der Waals surface area contributed by atoms with E-state index in [9.17, 15) is 61.5 Å². The number of halogens is 14. The Labute approximate surface area is 116 Å². The lowest BCUT2D eigenvalue weighted by Crippen LogP contribution is -2.69. The Morgan fingerprint density at radius 2 is 1.00 bits per heavy atom. The van der Waals surface area contributed by atoms with Gasteiger partial charge in [0.05, 0.1) is 0 Å². The van der Waals surface area contributed by atoms with Crippen LogP contribution >= 0.6 is 0 Å². The molecule has 23 heavy (non-hydrogen) atoms. The molecule has 0 N–H and O–H groups in total. The third kappa shape index (κ3) is 2.24. The lowest BCUT2D eigenvalue weighted by atomic mass is 10.2. The van der Waals surface area contributed by atoms with E-state index in [1.54, 1.807) is 0 Å². The minimum Gasteiger partial charge on any atom is -0.233 e. The van der Waals surface area contributed by atoms with E-state index in [0.717, 1.165) is 0 Å². The van der Waals surface area contributed by atoms with Crippen LogP contribution in [0.1, 0.15) is 0 Å². The van der Waals surface area contributed by atoms with Gasteiger partial charge in [0.2, 0.25) is 0 Å². The third-order valence-corrected chi connectivity index (χ3v) is 2.73. The minimum absolute atomic E-state index is 3.07. The average molecular weight is 380 g/mol. The molecular formula is C7H2F14N2. The largest absolute Gasteiger partial charge is 0.469 e. The quantitative estimate of drug-likeness (QED) is 0.500. The fourth-order valence-electron chi connectivity index (χ4n) is 1.61. The highest BCUT2D eigenvalue weighted by molar-refractivity contribution is 5.06. The van der Waals surface area contributed by atoms with Gasteiger partial charge in [-0.3, -0.25) is 0 Å². The summed E-state index contributed by atoms with van der Waals surface area (Å²) >= 11 is 0. The van der Waals surface area contributed by atoms with Crippen molar-refractivity contribution in [2.75, 3.05) is 6.80 Å². The molecule has 1 rings (SSSR count). The molecule has 0 saturated carbocycles. The molecule has 1 aliphatic rings. The highest BCUT2D eigenvalue weighted by atomic mass is 19.4. The molecule has 0 bridgehead atoms. The first-order chi connectivity index (χ1) is 9.81. The molecule has 1 saturated heterocycles. The van der Waals surface area contributed by atoms with Crippen LogP contribution in [-0.2, 0) is 0 Å². The first-order valence-corrected chi connectivity index (χ1v) is 4.91. The van der Waals surface area contributed by atoms with Crippen LogP contribution in [0.3, 0.4) is 0 Å². The van der Waals surface area contributed by atoms with Gasteiger partial charge in [0, 0.05) is 0 Å². The summed E-state index contributed by atoms with van der Waals surface area (Å²) < 4.78 is 180. The van der Waals surface area contributed by atoms with Crippen LogP contribution in [0.25, 0.3) is 0 Å². The van der Waals surface area contributed by atoms with Crippen molar-refractivity contribution < 1.29 is 61.5 Å². The zero-order valence-electron chi connectivity index (χ0n) is 9.89. The van der Waals surface area contributed by atoms with Gasteiger partial charge in [0.25, 0.3) is 0 Å². The zero-order chi connectivity index (χ0) is 18.9. The maximum atomic E-state index is 13.1. The molecule has 0 radical (unpaired) electrons. The van der Waals surface area contributed by atoms with Gasteiger partial charge in [-0.1, -0.05) is 4.90 Å². The van der Waals surface area contributed by atoms with Crippen molar-refractivity contribution in [3.8, 4) is 0 Å². The van der Waals surface area contributed by atoms with Crippen molar-refractivity contribution in [1.82, 2.24) is 9.80 Å². The van der Waals surface area contributed by atoms with Crippen LogP contribution in [-0.4, -0.2) is 53.0 Å². The van der Waals surface area contributed by atoms with Gasteiger partial charge in [-0.05, 0) is 0 Å². The van der Waals surface area contributed by atoms with Gasteiger partial charge in [0.1, 0.15) is 0 Å². The van der Waals surface area contributed by atoms with Gasteiger partial charge < -0.3 is 0 Å². The number of nitrogens with zero attached hydrogens (tertiary/aromatic N) is 2. The summed E-state index contributed by atoms with van der Waals surface area (Å²) in [6.07, 6.45) is -7.32. The van der Waals surface area contributed by atoms with E-state index in [2.05, 4.69) is 0 Å². The second-order valence-corrected chi connectivity index (χ2v) is 4.09. The van der Waals surface area contributed by atoms with Gasteiger partial charge in [-0.15, -0.1) is 4.90 Å². The van der Waals surface area contributed by atoms with E-state index in [0.29, 0.717) is 0 Å². The molecule has 0 aromatic heterocycles. The van der Waals surface area contributed by atoms with Crippen molar-refractivity contribution in [3.05, 3.63) is 0 Å². The monoisotopic (exact) mass is 380 g/mol. The molecule has 0 aromatic rings. The molecule has 1 fully saturated rings. The molecule has 1 heterocycles. The summed E-state index contributed by atoms with van der Waals surface area (Å²) in [6.45, 7) is -3.59. The van der Waals surface area contributed by atoms with Crippen LogP contribution in [0.2, 0.25) is 0 Å². The molecule has 1 aliphatic heterocycles. The van der Waals surface area contributed by atoms with E-state index in [-0.39, 0.29) is 0 Å². The summed E-state index contributed by atoms with van der Waals surface area (Å²) in [5, 5.41) is 0. The Morgan fingerprint density at radius 1 is 0.609 bits per heavy atom. The fraction of sp³-hybridized carbons (Fsp3) is 1.00. The predicted molar refractivity (Wildman–Crippen MR) is 40.4 cm³/mol. The molecule has 0 aliphatic carbocycles. The number of alkyl halides is 14. The summed E-state index contributed by atoms with van der Waals surface area (Å²) in [6, 6.07) is -29.1. The Bertz CT molecular complexity index is 466. The van der Waals surface area contributed by atoms with Crippen LogP contribution in [0.4, 0.5) is 61.5 Å². The van der Waals surface area contributed by atoms with Crippen molar-refractivity contribution in [3.63, 3.8) is 0 Å². The number of rotatable bonds is 1. The van der Waals surface area contributed by atoms with Crippen molar-refractivity contribution in [1.29, 1.82) is 0 Å². The van der Waals surface area contributed by atoms with Gasteiger partial charge in [-0.25, -0.2) is 4.39 Å². The fourth-order valence-corrected chi connectivity index (χ4v) is 1.61. The molecule has 138 valence electrons. The Morgan fingerprint density at radius 3 is 1.30 bits per heavy atom. The summed E-state index contributed by atoms with van der Waals surface area (Å²) in [7, 11) is 0. The molecule has 0 aromatic carbocycles. The van der Waals surface area contributed by atoms with Crippen LogP contribution in [0.5, 0.6) is 0 Å². The van der Waals surface area contributed by atoms with Crippen LogP contribution < -0.4 is 0 Å². The van der Waals surface area contributed by atoms with Crippen LogP contribution in [0, 0.1) is 0 Å². The van der Waals surface area contributed by atoms with E-state index >= 15 is 0 Å². The minimum atomic E-state index is -7.55. The van der Waals surface area contributed by atoms with E-state index in [4.69, 9.17) is 0 Å². The normalized spacial score (nSPS) is 30.0. The Kier molecular flexibility index (Phi) is 4.11. The van der Waals surface area contributed by atoms with Crippen molar-refractivity contribution in [2.24, 2.45) is 0 Å². The van der Waals surface area contributed by atoms with E-state index in [1.165, 1.54) is 0 Å². The van der Waals surface area contributed by atoms with E-state index < -0.39 is 53.0 Å². The molecule has 0 amide bonds. The van der Waals surface area contributed by atoms with Gasteiger partial charge >= 0.3 is 36.4 Å². The summed E-state index contributed by atoms with van der Waals surface area (Å²) in [4.78, 5) is -7.09. The third-order valence-electron chi connectivity index (χ3n) is 2.73. The second kappa shape index (κ2) is 4.73. The Hall–Kier alpha value is -1.06. The number of hydrogen-bond acceptors (Lipinski definition) is 2. The Balaban J connectivity index is 3.91. The highest BCUT2D eigenvalue weighted by Gasteiger charge is 2.91. The first-order valence-electron chi connectivity index (χ1n) is 4.91. The smallest absolute Gasteiger partial charge is 0.233 e. The van der Waals surface area contributed by atoms with Crippen molar-refractivity contribution >= 4 is 0 Å². The summed E-state index contributed by atoms with van der Waals surface area (Å²) in [5.41, 5.74) is 0. The number of hydrogen-bond donors (Lipinski definition) is 0. The summed E-state index contributed by atoms with van der Waals surface area (Å²) in [5.74, 6) is -7.47. The molecule has 2 nitrogen and oxygen atoms in total. The van der Waals surface area contributed by atoms with Crippen molar-refractivity contribution in [2.45, 2.75) is 36.4 Å². The topological polar surface area (TPSA) is 6.48 Å². The maximum absolute atomic E-state index is 13.1. The predicted octanol–water partition coefficient (Wildman–Crippen LogP) is 4.06. The molecule has 0 atom stereocenters. The van der Waals surface area contributed by atoms with Crippen LogP contribution in [0.15, 0.2) is 0 Å². The molecular weight excluding hydrogens is 378 g/mol. The lowest BCUT2D eigenvalue weighted by Gasteiger charge is -2.39. The molecule has 0 unspecified atom stereocenters. The molecule has 0 spiro atoms. The standard InChI is InChI=1S/C7H2F14N2/c8-1-22-3(11,12)2(9,10)4(13,14)23(7(19,20)21)6(17,18)5(22,15)16/h1H2. The molecule has 16 heteroatoms. The maximum Gasteiger partial charge on any atom is 0.469 e. The second-order valence-electron chi connectivity index (χ2n) is 4.09. The average Bonchev–Trinajstić information content (AvgIpc) is 2.25. The lowest BCUT2D eigenvalue weighted by molar-refractivity contribution is -0.467. The van der Waals surface area contributed by atoms with Gasteiger partial charge in [-0.2, -0.15) is 57.1 Å². The first kappa shape index (κ1) is 20.0. The zero-order valence-corrected chi connectivity index (χ0v) is 9.89. The SMILES string of the molecule is FCN1C(F)(F)C(F)(F)N(C(F)(F)F)C(F)(F)C(F)(F)C1(F)F. The van der Waals surface area contributed by atoms with Gasteiger partial charge in [0.15, 0.2) is 6.80 Å². The highest BCUT2D eigenvalue weighted by Crippen LogP contribution is 2.61. The van der Waals surface area contributed by atoms with E-state index in [1.807, 2.05) is 0 Å².